The molecule has 0 bridgehead atoms. The summed E-state index contributed by atoms with van der Waals surface area (Å²) in [5.41, 5.74) is 0.156. The van der Waals surface area contributed by atoms with Gasteiger partial charge in [-0.25, -0.2) is 0 Å². The van der Waals surface area contributed by atoms with Crippen LogP contribution >= 0.6 is 0 Å². The van der Waals surface area contributed by atoms with Crippen molar-refractivity contribution < 1.29 is 29.0 Å². The van der Waals surface area contributed by atoms with Gasteiger partial charge in [-0.15, -0.1) is 0 Å². The number of ketones is 1. The first kappa shape index (κ1) is 22.5. The van der Waals surface area contributed by atoms with Gasteiger partial charge in [0.05, 0.1) is 12.7 Å². The summed E-state index contributed by atoms with van der Waals surface area (Å²) >= 11 is 0. The minimum absolute atomic E-state index is 0.116. The molecular weight excluding hydrogens is 424 g/mol. The highest BCUT2D eigenvalue weighted by Crippen LogP contribution is 2.53. The van der Waals surface area contributed by atoms with E-state index < -0.39 is 28.9 Å². The zero-order valence-corrected chi connectivity index (χ0v) is 19.0. The van der Waals surface area contributed by atoms with Crippen molar-refractivity contribution in [3.05, 3.63) is 64.7 Å². The van der Waals surface area contributed by atoms with Gasteiger partial charge in [0.1, 0.15) is 11.5 Å². The fourth-order valence-electron chi connectivity index (χ4n) is 4.81. The highest BCUT2D eigenvalue weighted by Gasteiger charge is 2.66. The van der Waals surface area contributed by atoms with Crippen molar-refractivity contribution >= 4 is 29.0 Å². The average molecular weight is 450 g/mol. The molecule has 1 N–H and O–H groups in total. The van der Waals surface area contributed by atoms with Crippen molar-refractivity contribution in [1.29, 1.82) is 0 Å². The van der Waals surface area contributed by atoms with E-state index in [9.17, 15) is 19.5 Å². The van der Waals surface area contributed by atoms with Gasteiger partial charge in [-0.05, 0) is 43.2 Å². The summed E-state index contributed by atoms with van der Waals surface area (Å²) in [6, 6.07) is 11.9. The number of carbonyl (C=O) groups excluding carboxylic acids is 3. The number of aliphatic hydroxyl groups is 1. The number of fused-ring (bicyclic) bond motifs is 2. The molecule has 2 aliphatic rings. The van der Waals surface area contributed by atoms with Crippen LogP contribution in [-0.2, 0) is 24.7 Å². The summed E-state index contributed by atoms with van der Waals surface area (Å²) in [4.78, 5) is 43.1. The molecule has 2 amide bonds. The van der Waals surface area contributed by atoms with Crippen molar-refractivity contribution in [3.63, 3.8) is 0 Å². The summed E-state index contributed by atoms with van der Waals surface area (Å²) in [7, 11) is 4.68. The predicted molar refractivity (Wildman–Crippen MR) is 122 cm³/mol. The van der Waals surface area contributed by atoms with Gasteiger partial charge < -0.3 is 24.4 Å². The zero-order valence-electron chi connectivity index (χ0n) is 19.0. The molecule has 1 fully saturated rings. The Labute approximate surface area is 192 Å². The molecule has 1 unspecified atom stereocenters. The number of nitrogens with zero attached hydrogens (tertiary/aromatic N) is 2. The summed E-state index contributed by atoms with van der Waals surface area (Å²) in [6.45, 7) is 2.27. The third-order valence-electron chi connectivity index (χ3n) is 6.34. The van der Waals surface area contributed by atoms with Crippen molar-refractivity contribution in [3.8, 4) is 5.75 Å². The first-order valence-electron chi connectivity index (χ1n) is 10.6. The van der Waals surface area contributed by atoms with Crippen LogP contribution < -0.4 is 9.64 Å². The van der Waals surface area contributed by atoms with Crippen LogP contribution in [0.2, 0.25) is 0 Å². The number of methoxy groups -OCH3 is 2. The maximum absolute atomic E-state index is 13.8. The van der Waals surface area contributed by atoms with Gasteiger partial charge in [0.15, 0.2) is 5.54 Å². The number of aliphatic hydroxyl groups excluding tert-OH is 1. The lowest BCUT2D eigenvalue weighted by Crippen LogP contribution is -2.51. The Morgan fingerprint density at radius 2 is 1.82 bits per heavy atom. The van der Waals surface area contributed by atoms with E-state index in [0.29, 0.717) is 35.6 Å². The quantitative estimate of drug-likeness (QED) is 0.315. The van der Waals surface area contributed by atoms with E-state index in [2.05, 4.69) is 0 Å². The van der Waals surface area contributed by atoms with Crippen LogP contribution in [0.4, 0.5) is 5.69 Å². The number of benzene rings is 2. The first-order chi connectivity index (χ1) is 15.8. The van der Waals surface area contributed by atoms with E-state index in [1.807, 2.05) is 0 Å². The van der Waals surface area contributed by atoms with Gasteiger partial charge in [0, 0.05) is 44.1 Å². The number of aryl methyl sites for hydroxylation is 1. The maximum Gasteiger partial charge on any atom is 0.296 e. The molecule has 0 aromatic heterocycles. The Hall–Kier alpha value is -3.65. The lowest BCUT2D eigenvalue weighted by atomic mass is 9.81. The molecule has 8 nitrogen and oxygen atoms in total. The van der Waals surface area contributed by atoms with Crippen LogP contribution in [-0.4, -0.2) is 62.0 Å². The van der Waals surface area contributed by atoms with Crippen LogP contribution in [0.25, 0.3) is 5.76 Å². The largest absolute Gasteiger partial charge is 0.507 e. The van der Waals surface area contributed by atoms with E-state index in [-0.39, 0.29) is 12.1 Å². The van der Waals surface area contributed by atoms with Gasteiger partial charge >= 0.3 is 0 Å². The number of anilines is 1. The molecule has 2 heterocycles. The third-order valence-corrected chi connectivity index (χ3v) is 6.34. The number of Topliss-reactive ketones (excluding diaryl/α,β-unsaturated/α-hetero) is 1. The fraction of sp³-hybridized carbons (Fsp3) is 0.320. The summed E-state index contributed by atoms with van der Waals surface area (Å²) in [5.74, 6) is -1.96. The molecule has 0 radical (unpaired) electrons. The Morgan fingerprint density at radius 1 is 1.09 bits per heavy atom. The Bertz CT molecular complexity index is 1190. The molecule has 4 rings (SSSR count). The minimum Gasteiger partial charge on any atom is -0.507 e. The standard InChI is InChI=1S/C25H26N2O6/c1-15-14-16(10-11-19(15)33-4)21(28)20-22(29)23(30)27(12-7-13-32-3)25(20)17-8-5-6-9-18(17)26(2)24(25)31/h5-6,8-11,14,28H,7,12-13H2,1-4H3/b21-20-. The minimum atomic E-state index is -1.74. The smallest absolute Gasteiger partial charge is 0.296 e. The van der Waals surface area contributed by atoms with Crippen molar-refractivity contribution in [2.75, 3.05) is 39.3 Å². The van der Waals surface area contributed by atoms with Crippen LogP contribution in [0.3, 0.4) is 0 Å². The molecule has 33 heavy (non-hydrogen) atoms. The van der Waals surface area contributed by atoms with Gasteiger partial charge in [-0.3, -0.25) is 14.4 Å². The van der Waals surface area contributed by atoms with E-state index in [0.717, 1.165) is 5.56 Å². The number of para-hydroxylation sites is 1. The Kier molecular flexibility index (Phi) is 5.71. The van der Waals surface area contributed by atoms with Crippen molar-refractivity contribution in [2.45, 2.75) is 18.9 Å². The number of hydrogen-bond acceptors (Lipinski definition) is 6. The Balaban J connectivity index is 2.01. The van der Waals surface area contributed by atoms with Crippen LogP contribution in [0, 0.1) is 6.92 Å². The number of amides is 2. The van der Waals surface area contributed by atoms with Gasteiger partial charge in [-0.2, -0.15) is 0 Å². The molecule has 1 spiro atoms. The summed E-state index contributed by atoms with van der Waals surface area (Å²) in [6.07, 6.45) is 0.423. The molecule has 2 aromatic rings. The SMILES string of the molecule is COCCCN1C(=O)C(=O)/C(=C(/O)c2ccc(OC)c(C)c2)C12C(=O)N(C)c1ccccc12. The van der Waals surface area contributed by atoms with Gasteiger partial charge in [0.2, 0.25) is 0 Å². The second kappa shape index (κ2) is 8.37. The van der Waals surface area contributed by atoms with Gasteiger partial charge in [0.25, 0.3) is 17.6 Å². The highest BCUT2D eigenvalue weighted by atomic mass is 16.5. The predicted octanol–water partition coefficient (Wildman–Crippen LogP) is 2.59. The highest BCUT2D eigenvalue weighted by molar-refractivity contribution is 6.50. The van der Waals surface area contributed by atoms with E-state index in [4.69, 9.17) is 9.47 Å². The fourth-order valence-corrected chi connectivity index (χ4v) is 4.81. The second-order valence-electron chi connectivity index (χ2n) is 8.13. The number of likely N-dealkylation sites (N-methyl/N-ethyl adjacent to an activating group) is 1. The van der Waals surface area contributed by atoms with Crippen LogP contribution in [0.15, 0.2) is 48.0 Å². The molecule has 0 saturated carbocycles. The zero-order chi connectivity index (χ0) is 23.9. The molecule has 1 saturated heterocycles. The Morgan fingerprint density at radius 3 is 2.48 bits per heavy atom. The van der Waals surface area contributed by atoms with E-state index >= 15 is 0 Å². The monoisotopic (exact) mass is 450 g/mol. The maximum atomic E-state index is 13.8. The number of carbonyl (C=O) groups is 3. The van der Waals surface area contributed by atoms with Crippen molar-refractivity contribution in [1.82, 2.24) is 4.90 Å². The molecular formula is C25H26N2O6. The molecule has 2 aliphatic heterocycles. The number of ether oxygens (including phenoxy) is 2. The van der Waals surface area contributed by atoms with E-state index in [1.54, 1.807) is 63.5 Å². The summed E-state index contributed by atoms with van der Waals surface area (Å²) in [5, 5.41) is 11.4. The van der Waals surface area contributed by atoms with Crippen LogP contribution in [0.5, 0.6) is 5.75 Å². The lowest BCUT2D eigenvalue weighted by molar-refractivity contribution is -0.143. The molecule has 172 valence electrons. The topological polar surface area (TPSA) is 96.4 Å². The normalized spacial score (nSPS) is 21.3. The second-order valence-corrected chi connectivity index (χ2v) is 8.13. The molecule has 1 atom stereocenters. The number of likely N-dealkylation sites (tertiary alicyclic amines) is 1. The van der Waals surface area contributed by atoms with Gasteiger partial charge in [-0.1, -0.05) is 18.2 Å². The van der Waals surface area contributed by atoms with E-state index in [1.165, 1.54) is 16.9 Å². The molecule has 8 heteroatoms. The number of hydrogen-bond donors (Lipinski definition) is 1. The number of rotatable bonds is 6. The molecule has 2 aromatic carbocycles. The average Bonchev–Trinajstić information content (AvgIpc) is 3.17. The molecule has 0 aliphatic carbocycles. The summed E-state index contributed by atoms with van der Waals surface area (Å²) < 4.78 is 10.4. The third kappa shape index (κ3) is 3.13. The lowest BCUT2D eigenvalue weighted by Gasteiger charge is -2.34. The van der Waals surface area contributed by atoms with Crippen LogP contribution in [0.1, 0.15) is 23.1 Å². The first-order valence-corrected chi connectivity index (χ1v) is 10.6. The van der Waals surface area contributed by atoms with Crippen molar-refractivity contribution in [2.24, 2.45) is 0 Å².